The van der Waals surface area contributed by atoms with Crippen molar-refractivity contribution in [3.63, 3.8) is 0 Å². The number of carbonyl (C=O) groups excluding carboxylic acids is 1. The molecule has 1 N–H and O–H groups in total. The molecule has 0 spiro atoms. The van der Waals surface area contributed by atoms with Crippen LogP contribution in [0.5, 0.6) is 0 Å². The first kappa shape index (κ1) is 22.3. The SMILES string of the molecule is CC[C@@H](c1nnc(SCC(=O)NC2(C#N)CCCC2)n1Cc1ccccc1)N(C)C. The lowest BCUT2D eigenvalue weighted by molar-refractivity contribution is -0.119. The van der Waals surface area contributed by atoms with E-state index in [9.17, 15) is 10.1 Å². The van der Waals surface area contributed by atoms with Crippen molar-refractivity contribution in [1.29, 1.82) is 5.26 Å². The normalized spacial score (nSPS) is 16.4. The van der Waals surface area contributed by atoms with Crippen LogP contribution < -0.4 is 5.32 Å². The lowest BCUT2D eigenvalue weighted by atomic mass is 10.0. The Hall–Kier alpha value is -2.37. The van der Waals surface area contributed by atoms with Gasteiger partial charge in [-0.1, -0.05) is 49.0 Å². The number of aromatic nitrogens is 3. The molecule has 0 bridgehead atoms. The highest BCUT2D eigenvalue weighted by molar-refractivity contribution is 7.99. The summed E-state index contributed by atoms with van der Waals surface area (Å²) in [6.07, 6.45) is 4.34. The number of benzene rings is 1. The molecule has 0 saturated heterocycles. The predicted octanol–water partition coefficient (Wildman–Crippen LogP) is 3.38. The molecule has 0 aliphatic heterocycles. The van der Waals surface area contributed by atoms with E-state index in [1.165, 1.54) is 11.8 Å². The van der Waals surface area contributed by atoms with E-state index in [4.69, 9.17) is 0 Å². The van der Waals surface area contributed by atoms with Crippen molar-refractivity contribution in [2.45, 2.75) is 62.3 Å². The third-order valence-corrected chi connectivity index (χ3v) is 6.59. The quantitative estimate of drug-likeness (QED) is 0.619. The van der Waals surface area contributed by atoms with E-state index >= 15 is 0 Å². The van der Waals surface area contributed by atoms with Crippen molar-refractivity contribution in [2.24, 2.45) is 0 Å². The Morgan fingerprint density at radius 1 is 1.30 bits per heavy atom. The standard InChI is InChI=1S/C22H30N6OS/c1-4-18(27(2)3)20-25-26-21(28(20)14-17-10-6-5-7-11-17)30-15-19(29)24-22(16-23)12-8-9-13-22/h5-7,10-11,18H,4,8-9,12-15H2,1-3H3,(H,24,29)/t18-/m0/s1. The van der Waals surface area contributed by atoms with Gasteiger partial charge < -0.3 is 9.88 Å². The first-order chi connectivity index (χ1) is 14.5. The van der Waals surface area contributed by atoms with Gasteiger partial charge in [-0.15, -0.1) is 10.2 Å². The van der Waals surface area contributed by atoms with Crippen molar-refractivity contribution in [2.75, 3.05) is 19.8 Å². The van der Waals surface area contributed by atoms with Crippen LogP contribution in [-0.4, -0.2) is 51.0 Å². The maximum Gasteiger partial charge on any atom is 0.231 e. The Morgan fingerprint density at radius 2 is 2.00 bits per heavy atom. The molecule has 7 nitrogen and oxygen atoms in total. The van der Waals surface area contributed by atoms with Gasteiger partial charge in [-0.3, -0.25) is 9.69 Å². The van der Waals surface area contributed by atoms with E-state index in [2.05, 4.69) is 50.1 Å². The molecule has 1 aromatic heterocycles. The summed E-state index contributed by atoms with van der Waals surface area (Å²) in [5.41, 5.74) is 0.464. The van der Waals surface area contributed by atoms with Gasteiger partial charge >= 0.3 is 0 Å². The molecule has 0 unspecified atom stereocenters. The van der Waals surface area contributed by atoms with Gasteiger partial charge in [0.2, 0.25) is 5.91 Å². The topological polar surface area (TPSA) is 86.8 Å². The summed E-state index contributed by atoms with van der Waals surface area (Å²) in [6, 6.07) is 12.7. The minimum absolute atomic E-state index is 0.126. The summed E-state index contributed by atoms with van der Waals surface area (Å²) in [7, 11) is 4.08. The van der Waals surface area contributed by atoms with Gasteiger partial charge in [0.1, 0.15) is 5.54 Å². The van der Waals surface area contributed by atoms with Crippen LogP contribution in [0.2, 0.25) is 0 Å². The first-order valence-corrected chi connectivity index (χ1v) is 11.4. The molecule has 1 amide bonds. The first-order valence-electron chi connectivity index (χ1n) is 10.5. The smallest absolute Gasteiger partial charge is 0.231 e. The van der Waals surface area contributed by atoms with Gasteiger partial charge in [0.05, 0.1) is 24.4 Å². The number of thioether (sulfide) groups is 1. The highest BCUT2D eigenvalue weighted by Crippen LogP contribution is 2.30. The highest BCUT2D eigenvalue weighted by Gasteiger charge is 2.35. The number of hydrogen-bond donors (Lipinski definition) is 1. The summed E-state index contributed by atoms with van der Waals surface area (Å²) < 4.78 is 2.11. The van der Waals surface area contributed by atoms with Crippen LogP contribution in [0.3, 0.4) is 0 Å². The van der Waals surface area contributed by atoms with Crippen LogP contribution in [-0.2, 0) is 11.3 Å². The number of hydrogen-bond acceptors (Lipinski definition) is 6. The van der Waals surface area contributed by atoms with Crippen LogP contribution >= 0.6 is 11.8 Å². The van der Waals surface area contributed by atoms with Gasteiger partial charge in [-0.05, 0) is 51.8 Å². The van der Waals surface area contributed by atoms with E-state index in [0.29, 0.717) is 6.54 Å². The molecule has 3 rings (SSSR count). The average molecular weight is 427 g/mol. The van der Waals surface area contributed by atoms with Crippen molar-refractivity contribution >= 4 is 17.7 Å². The van der Waals surface area contributed by atoms with Crippen molar-refractivity contribution in [3.05, 3.63) is 41.7 Å². The number of carbonyl (C=O) groups is 1. The molecule has 2 aromatic rings. The van der Waals surface area contributed by atoms with Crippen molar-refractivity contribution in [1.82, 2.24) is 25.0 Å². The molecule has 0 radical (unpaired) electrons. The molecule has 30 heavy (non-hydrogen) atoms. The number of rotatable bonds is 9. The summed E-state index contributed by atoms with van der Waals surface area (Å²) in [4.78, 5) is 14.7. The van der Waals surface area contributed by atoms with Crippen molar-refractivity contribution in [3.8, 4) is 6.07 Å². The molecule has 1 fully saturated rings. The third-order valence-electron chi connectivity index (χ3n) is 5.62. The second-order valence-electron chi connectivity index (χ2n) is 8.04. The zero-order valence-electron chi connectivity index (χ0n) is 18.0. The molecule has 1 aromatic carbocycles. The summed E-state index contributed by atoms with van der Waals surface area (Å²) in [5.74, 6) is 0.993. The van der Waals surface area contributed by atoms with Crippen LogP contribution in [0.15, 0.2) is 35.5 Å². The van der Waals surface area contributed by atoms with E-state index < -0.39 is 5.54 Å². The van der Waals surface area contributed by atoms with Gasteiger partial charge in [-0.25, -0.2) is 0 Å². The maximum absolute atomic E-state index is 12.6. The fourth-order valence-corrected chi connectivity index (χ4v) is 4.77. The van der Waals surface area contributed by atoms with Gasteiger partial charge in [-0.2, -0.15) is 5.26 Å². The number of nitriles is 1. The fourth-order valence-electron chi connectivity index (χ4n) is 4.02. The van der Waals surface area contributed by atoms with E-state index in [-0.39, 0.29) is 17.7 Å². The largest absolute Gasteiger partial charge is 0.337 e. The Kier molecular flexibility index (Phi) is 7.51. The number of amides is 1. The zero-order valence-corrected chi connectivity index (χ0v) is 18.8. The Bertz CT molecular complexity index is 883. The van der Waals surface area contributed by atoms with E-state index in [1.807, 2.05) is 32.3 Å². The van der Waals surface area contributed by atoms with Gasteiger partial charge in [0.15, 0.2) is 11.0 Å². The van der Waals surface area contributed by atoms with Crippen LogP contribution in [0.4, 0.5) is 0 Å². The number of nitrogens with one attached hydrogen (secondary N) is 1. The van der Waals surface area contributed by atoms with Gasteiger partial charge in [0, 0.05) is 0 Å². The Balaban J connectivity index is 1.77. The zero-order chi connectivity index (χ0) is 21.6. The molecule has 8 heteroatoms. The van der Waals surface area contributed by atoms with E-state index in [1.54, 1.807) is 0 Å². The lowest BCUT2D eigenvalue weighted by Crippen LogP contribution is -2.45. The summed E-state index contributed by atoms with van der Waals surface area (Å²) >= 11 is 1.38. The van der Waals surface area contributed by atoms with Crippen LogP contribution in [0.1, 0.15) is 56.5 Å². The van der Waals surface area contributed by atoms with E-state index in [0.717, 1.165) is 48.6 Å². The monoisotopic (exact) mass is 426 g/mol. The molecule has 1 aliphatic carbocycles. The fraction of sp³-hybridized carbons (Fsp3) is 0.545. The second kappa shape index (κ2) is 10.1. The average Bonchev–Trinajstić information content (AvgIpc) is 3.36. The highest BCUT2D eigenvalue weighted by atomic mass is 32.2. The molecule has 1 aliphatic rings. The molecular weight excluding hydrogens is 396 g/mol. The third kappa shape index (κ3) is 5.21. The predicted molar refractivity (Wildman–Crippen MR) is 118 cm³/mol. The minimum Gasteiger partial charge on any atom is -0.337 e. The molecule has 1 heterocycles. The van der Waals surface area contributed by atoms with Gasteiger partial charge in [0.25, 0.3) is 0 Å². The Morgan fingerprint density at radius 3 is 2.60 bits per heavy atom. The lowest BCUT2D eigenvalue weighted by Gasteiger charge is -2.23. The number of nitrogens with zero attached hydrogens (tertiary/aromatic N) is 5. The van der Waals surface area contributed by atoms with Crippen LogP contribution in [0, 0.1) is 11.3 Å². The Labute approximate surface area is 182 Å². The molecule has 1 atom stereocenters. The molecular formula is C22H30N6OS. The second-order valence-corrected chi connectivity index (χ2v) is 8.98. The molecule has 160 valence electrons. The summed E-state index contributed by atoms with van der Waals surface area (Å²) in [6.45, 7) is 2.79. The molecule has 1 saturated carbocycles. The van der Waals surface area contributed by atoms with Crippen molar-refractivity contribution < 1.29 is 4.79 Å². The minimum atomic E-state index is -0.696. The summed E-state index contributed by atoms with van der Waals surface area (Å²) in [5, 5.41) is 22.1. The maximum atomic E-state index is 12.6. The van der Waals surface area contributed by atoms with Crippen LogP contribution in [0.25, 0.3) is 0 Å².